The number of anilines is 2. The molecule has 2 heterocycles. The van der Waals surface area contributed by atoms with Crippen LogP contribution in [0, 0.1) is 0 Å². The maximum absolute atomic E-state index is 12.9. The number of amides is 1. The number of hydrogen-bond donors (Lipinski definition) is 3. The Morgan fingerprint density at radius 2 is 1.70 bits per heavy atom. The van der Waals surface area contributed by atoms with Gasteiger partial charge in [0.2, 0.25) is 16.0 Å². The number of benzene rings is 2. The van der Waals surface area contributed by atoms with Crippen LogP contribution in [0.1, 0.15) is 37.6 Å². The predicted octanol–water partition coefficient (Wildman–Crippen LogP) is 2.59. The average molecular weight is 567 g/mol. The van der Waals surface area contributed by atoms with Gasteiger partial charge in [0.15, 0.2) is 0 Å². The van der Waals surface area contributed by atoms with E-state index in [0.29, 0.717) is 11.5 Å². The molecule has 0 aliphatic carbocycles. The van der Waals surface area contributed by atoms with E-state index in [0.717, 1.165) is 25.2 Å². The fourth-order valence-electron chi connectivity index (χ4n) is 4.19. The molecule has 1 saturated heterocycles. The number of ether oxygens (including phenoxy) is 1. The predicted molar refractivity (Wildman–Crippen MR) is 151 cm³/mol. The van der Waals surface area contributed by atoms with E-state index in [1.165, 1.54) is 12.1 Å². The molecular weight excluding hydrogens is 532 g/mol. The monoisotopic (exact) mass is 566 g/mol. The topological polar surface area (TPSA) is 143 Å². The Morgan fingerprint density at radius 1 is 1.02 bits per heavy atom. The van der Waals surface area contributed by atoms with E-state index in [4.69, 9.17) is 4.74 Å². The van der Waals surface area contributed by atoms with Gasteiger partial charge in [0.05, 0.1) is 4.90 Å². The molecule has 4 rings (SSSR count). The summed E-state index contributed by atoms with van der Waals surface area (Å²) >= 11 is 0. The first-order valence-corrected chi connectivity index (χ1v) is 14.5. The molecule has 3 aromatic rings. The Labute approximate surface area is 234 Å². The lowest BCUT2D eigenvalue weighted by atomic mass is 10.1. The first kappa shape index (κ1) is 29.0. The van der Waals surface area contributed by atoms with Gasteiger partial charge in [0, 0.05) is 49.3 Å². The van der Waals surface area contributed by atoms with Crippen molar-refractivity contribution < 1.29 is 22.7 Å². The van der Waals surface area contributed by atoms with E-state index >= 15 is 0 Å². The van der Waals surface area contributed by atoms with Crippen LogP contribution in [0.2, 0.25) is 0 Å². The molecule has 12 heteroatoms. The minimum atomic E-state index is -4.03. The molecule has 40 heavy (non-hydrogen) atoms. The molecule has 0 bridgehead atoms. The lowest BCUT2D eigenvalue weighted by molar-refractivity contribution is -0.156. The molecule has 2 aromatic carbocycles. The Kier molecular flexibility index (Phi) is 9.00. The molecule has 1 aliphatic rings. The lowest BCUT2D eigenvalue weighted by Gasteiger charge is -2.24. The molecule has 1 aromatic heterocycles. The van der Waals surface area contributed by atoms with Crippen molar-refractivity contribution in [2.24, 2.45) is 0 Å². The van der Waals surface area contributed by atoms with Gasteiger partial charge in [-0.1, -0.05) is 18.2 Å². The first-order chi connectivity index (χ1) is 19.0. The molecule has 3 N–H and O–H groups in total. The second kappa shape index (κ2) is 12.4. The number of esters is 1. The maximum atomic E-state index is 12.9. The minimum absolute atomic E-state index is 0.00104. The number of carbonyl (C=O) groups is 2. The summed E-state index contributed by atoms with van der Waals surface area (Å²) in [5.41, 5.74) is 0.507. The number of sulfonamides is 1. The molecule has 212 valence electrons. The Morgan fingerprint density at radius 3 is 2.35 bits per heavy atom. The zero-order chi connectivity index (χ0) is 28.8. The largest absolute Gasteiger partial charge is 0.459 e. The quantitative estimate of drug-likeness (QED) is 0.316. The highest BCUT2D eigenvalue weighted by molar-refractivity contribution is 7.89. The lowest BCUT2D eigenvalue weighted by Crippen LogP contribution is -2.50. The highest BCUT2D eigenvalue weighted by atomic mass is 32.2. The minimum Gasteiger partial charge on any atom is -0.459 e. The van der Waals surface area contributed by atoms with Gasteiger partial charge in [0.1, 0.15) is 11.6 Å². The van der Waals surface area contributed by atoms with Crippen LogP contribution in [0.3, 0.4) is 0 Å². The third-order valence-corrected chi connectivity index (χ3v) is 7.58. The van der Waals surface area contributed by atoms with Crippen molar-refractivity contribution in [2.45, 2.75) is 49.8 Å². The van der Waals surface area contributed by atoms with Crippen LogP contribution in [0.5, 0.6) is 0 Å². The van der Waals surface area contributed by atoms with Crippen LogP contribution < -0.4 is 20.3 Å². The molecule has 0 radical (unpaired) electrons. The van der Waals surface area contributed by atoms with Gasteiger partial charge in [-0.15, -0.1) is 0 Å². The molecule has 1 fully saturated rings. The zero-order valence-corrected chi connectivity index (χ0v) is 23.5. The summed E-state index contributed by atoms with van der Waals surface area (Å²) in [4.78, 5) is 36.4. The van der Waals surface area contributed by atoms with E-state index < -0.39 is 33.5 Å². The molecule has 0 saturated carbocycles. The highest BCUT2D eigenvalue weighted by Gasteiger charge is 2.30. The SMILES string of the molecule is CC(C)(C)OC(=O)[C@H](CNC(=O)c1ccc(N2CC[C@@H](Nc3ncccn3)C2)cc1)NS(=O)(=O)c1ccccc1. The summed E-state index contributed by atoms with van der Waals surface area (Å²) in [7, 11) is -4.03. The van der Waals surface area contributed by atoms with E-state index in [2.05, 4.69) is 30.2 Å². The van der Waals surface area contributed by atoms with Crippen molar-refractivity contribution in [2.75, 3.05) is 29.9 Å². The summed E-state index contributed by atoms with van der Waals surface area (Å²) in [6, 6.07) is 15.5. The molecule has 0 spiro atoms. The van der Waals surface area contributed by atoms with Crippen LogP contribution in [0.4, 0.5) is 11.6 Å². The normalized spacial score (nSPS) is 16.3. The third kappa shape index (κ3) is 7.99. The van der Waals surface area contributed by atoms with Gasteiger partial charge < -0.3 is 20.3 Å². The van der Waals surface area contributed by atoms with Crippen molar-refractivity contribution in [3.05, 3.63) is 78.6 Å². The smallest absolute Gasteiger partial charge is 0.326 e. The molecule has 1 aliphatic heterocycles. The summed E-state index contributed by atoms with van der Waals surface area (Å²) < 4.78 is 33.5. The number of hydrogen-bond acceptors (Lipinski definition) is 9. The van der Waals surface area contributed by atoms with Crippen molar-refractivity contribution >= 4 is 33.5 Å². The molecular formula is C28H34N6O5S. The van der Waals surface area contributed by atoms with Crippen molar-refractivity contribution in [3.63, 3.8) is 0 Å². The summed E-state index contributed by atoms with van der Waals surface area (Å²) in [6.45, 7) is 6.37. The Hall–Kier alpha value is -4.03. The summed E-state index contributed by atoms with van der Waals surface area (Å²) in [6.07, 6.45) is 4.31. The number of carbonyl (C=O) groups excluding carboxylic acids is 2. The maximum Gasteiger partial charge on any atom is 0.326 e. The second-order valence-electron chi connectivity index (χ2n) is 10.4. The van der Waals surface area contributed by atoms with Gasteiger partial charge in [-0.2, -0.15) is 4.72 Å². The molecule has 0 unspecified atom stereocenters. The van der Waals surface area contributed by atoms with Crippen LogP contribution in [-0.2, 0) is 19.6 Å². The number of rotatable bonds is 10. The highest BCUT2D eigenvalue weighted by Crippen LogP contribution is 2.22. The van der Waals surface area contributed by atoms with Gasteiger partial charge >= 0.3 is 5.97 Å². The number of aromatic nitrogens is 2. The number of nitrogens with zero attached hydrogens (tertiary/aromatic N) is 3. The van der Waals surface area contributed by atoms with Gasteiger partial charge in [-0.3, -0.25) is 9.59 Å². The van der Waals surface area contributed by atoms with E-state index in [1.54, 1.807) is 69.6 Å². The Balaban J connectivity index is 1.37. The summed E-state index contributed by atoms with van der Waals surface area (Å²) in [5, 5.41) is 5.99. The second-order valence-corrected chi connectivity index (χ2v) is 12.1. The zero-order valence-electron chi connectivity index (χ0n) is 22.7. The van der Waals surface area contributed by atoms with Crippen molar-refractivity contribution in [1.29, 1.82) is 0 Å². The number of nitrogens with one attached hydrogen (secondary N) is 3. The van der Waals surface area contributed by atoms with E-state index in [9.17, 15) is 18.0 Å². The molecule has 1 amide bonds. The molecule has 11 nitrogen and oxygen atoms in total. The van der Waals surface area contributed by atoms with Gasteiger partial charge in [-0.05, 0) is 69.7 Å². The fourth-order valence-corrected chi connectivity index (χ4v) is 5.40. The Bertz CT molecular complexity index is 1400. The van der Waals surface area contributed by atoms with E-state index in [-0.39, 0.29) is 17.5 Å². The van der Waals surface area contributed by atoms with Crippen LogP contribution in [0.15, 0.2) is 78.0 Å². The third-order valence-electron chi connectivity index (χ3n) is 6.09. The first-order valence-electron chi connectivity index (χ1n) is 13.0. The van der Waals surface area contributed by atoms with Crippen LogP contribution in [0.25, 0.3) is 0 Å². The van der Waals surface area contributed by atoms with Gasteiger partial charge in [-0.25, -0.2) is 18.4 Å². The van der Waals surface area contributed by atoms with Gasteiger partial charge in [0.25, 0.3) is 5.91 Å². The van der Waals surface area contributed by atoms with Crippen molar-refractivity contribution in [3.8, 4) is 0 Å². The summed E-state index contributed by atoms with van der Waals surface area (Å²) in [5.74, 6) is -0.640. The standard InChI is InChI=1S/C28H34N6O5S/c1-28(2,3)39-26(36)24(33-40(37,38)23-8-5-4-6-9-23)18-31-25(35)20-10-12-22(13-11-20)34-17-14-21(19-34)32-27-29-15-7-16-30-27/h4-13,15-16,21,24,33H,14,17-19H2,1-3H3,(H,31,35)(H,29,30,32)/t21-,24+/m1/s1. The van der Waals surface area contributed by atoms with Crippen LogP contribution in [-0.4, -0.2) is 67.6 Å². The molecule has 2 atom stereocenters. The fraction of sp³-hybridized carbons (Fsp3) is 0.357. The van der Waals surface area contributed by atoms with E-state index in [1.807, 2.05) is 12.1 Å². The average Bonchev–Trinajstić information content (AvgIpc) is 3.39. The van der Waals surface area contributed by atoms with Crippen LogP contribution >= 0.6 is 0 Å². The van der Waals surface area contributed by atoms with Crippen molar-refractivity contribution in [1.82, 2.24) is 20.0 Å².